The van der Waals surface area contributed by atoms with E-state index in [9.17, 15) is 5.11 Å². The van der Waals surface area contributed by atoms with Gasteiger partial charge in [0.1, 0.15) is 0 Å². The summed E-state index contributed by atoms with van der Waals surface area (Å²) < 4.78 is 0. The Morgan fingerprint density at radius 2 is 1.92 bits per heavy atom. The van der Waals surface area contributed by atoms with Crippen molar-refractivity contribution in [2.45, 2.75) is 58.2 Å². The van der Waals surface area contributed by atoms with E-state index < -0.39 is 0 Å². The predicted molar refractivity (Wildman–Crippen MR) is 55.6 cm³/mol. The summed E-state index contributed by atoms with van der Waals surface area (Å²) in [5.74, 6) is 0. The topological polar surface area (TPSA) is 40.5 Å². The van der Waals surface area contributed by atoms with Crippen LogP contribution in [0.5, 0.6) is 0 Å². The highest BCUT2D eigenvalue weighted by Gasteiger charge is 1.98. The van der Waals surface area contributed by atoms with Crippen LogP contribution in [-0.4, -0.2) is 22.4 Å². The van der Waals surface area contributed by atoms with Gasteiger partial charge in [0.2, 0.25) is 0 Å². The van der Waals surface area contributed by atoms with Crippen molar-refractivity contribution in [3.63, 3.8) is 0 Å². The SMILES string of the molecule is CCCCC[C@H](O)/C=C\C[C@@H](C)O. The van der Waals surface area contributed by atoms with Crippen molar-refractivity contribution in [2.75, 3.05) is 0 Å². The number of rotatable bonds is 7. The number of unbranched alkanes of at least 4 members (excludes halogenated alkanes) is 2. The lowest BCUT2D eigenvalue weighted by atomic mass is 10.1. The van der Waals surface area contributed by atoms with Gasteiger partial charge in [0.05, 0.1) is 12.2 Å². The van der Waals surface area contributed by atoms with Crippen LogP contribution in [-0.2, 0) is 0 Å². The minimum absolute atomic E-state index is 0.306. The molecule has 2 atom stereocenters. The van der Waals surface area contributed by atoms with Crippen molar-refractivity contribution in [2.24, 2.45) is 0 Å². The van der Waals surface area contributed by atoms with E-state index in [0.29, 0.717) is 6.42 Å². The maximum atomic E-state index is 9.42. The van der Waals surface area contributed by atoms with Gasteiger partial charge >= 0.3 is 0 Å². The summed E-state index contributed by atoms with van der Waals surface area (Å²) in [7, 11) is 0. The minimum atomic E-state index is -0.328. The summed E-state index contributed by atoms with van der Waals surface area (Å²) in [5, 5.41) is 18.4. The van der Waals surface area contributed by atoms with E-state index in [2.05, 4.69) is 6.92 Å². The zero-order chi connectivity index (χ0) is 10.1. The lowest BCUT2D eigenvalue weighted by Crippen LogP contribution is -2.02. The fraction of sp³-hybridized carbons (Fsp3) is 0.818. The molecular formula is C11H22O2. The van der Waals surface area contributed by atoms with Crippen molar-refractivity contribution in [3.8, 4) is 0 Å². The van der Waals surface area contributed by atoms with Gasteiger partial charge in [0.15, 0.2) is 0 Å². The Hall–Kier alpha value is -0.340. The van der Waals surface area contributed by atoms with Crippen molar-refractivity contribution in [3.05, 3.63) is 12.2 Å². The number of hydrogen-bond acceptors (Lipinski definition) is 2. The molecule has 0 amide bonds. The Labute approximate surface area is 81.3 Å². The second-order valence-corrected chi connectivity index (χ2v) is 3.58. The fourth-order valence-corrected chi connectivity index (χ4v) is 1.13. The molecule has 0 fully saturated rings. The Morgan fingerprint density at radius 1 is 1.23 bits per heavy atom. The normalized spacial score (nSPS) is 16.3. The zero-order valence-corrected chi connectivity index (χ0v) is 8.74. The second-order valence-electron chi connectivity index (χ2n) is 3.58. The van der Waals surface area contributed by atoms with Crippen LogP contribution >= 0.6 is 0 Å². The third kappa shape index (κ3) is 9.57. The van der Waals surface area contributed by atoms with Crippen LogP contribution in [0.3, 0.4) is 0 Å². The monoisotopic (exact) mass is 186 g/mol. The average molecular weight is 186 g/mol. The first kappa shape index (κ1) is 12.7. The Kier molecular flexibility index (Phi) is 8.05. The highest BCUT2D eigenvalue weighted by molar-refractivity contribution is 4.89. The largest absolute Gasteiger partial charge is 0.393 e. The predicted octanol–water partition coefficient (Wildman–Crippen LogP) is 2.25. The Morgan fingerprint density at radius 3 is 2.46 bits per heavy atom. The lowest BCUT2D eigenvalue weighted by Gasteiger charge is -2.04. The number of hydrogen-bond donors (Lipinski definition) is 2. The van der Waals surface area contributed by atoms with Crippen LogP contribution in [0.15, 0.2) is 12.2 Å². The smallest absolute Gasteiger partial charge is 0.0720 e. The molecule has 0 aliphatic heterocycles. The maximum Gasteiger partial charge on any atom is 0.0720 e. The Balaban J connectivity index is 3.38. The molecule has 0 radical (unpaired) electrons. The summed E-state index contributed by atoms with van der Waals surface area (Å²) in [6.07, 6.45) is 7.91. The van der Waals surface area contributed by atoms with Crippen molar-refractivity contribution in [1.82, 2.24) is 0 Å². The van der Waals surface area contributed by atoms with Gasteiger partial charge in [-0.1, -0.05) is 38.3 Å². The van der Waals surface area contributed by atoms with Crippen LogP contribution in [0.25, 0.3) is 0 Å². The van der Waals surface area contributed by atoms with E-state index >= 15 is 0 Å². The summed E-state index contributed by atoms with van der Waals surface area (Å²) in [4.78, 5) is 0. The molecule has 0 saturated carbocycles. The summed E-state index contributed by atoms with van der Waals surface area (Å²) in [5.41, 5.74) is 0. The molecule has 0 bridgehead atoms. The van der Waals surface area contributed by atoms with E-state index in [0.717, 1.165) is 12.8 Å². The summed E-state index contributed by atoms with van der Waals surface area (Å²) >= 11 is 0. The van der Waals surface area contributed by atoms with Gasteiger partial charge in [0, 0.05) is 0 Å². The molecule has 0 heterocycles. The molecule has 0 saturated heterocycles. The molecule has 0 unspecified atom stereocenters. The van der Waals surface area contributed by atoms with Gasteiger partial charge < -0.3 is 10.2 Å². The third-order valence-corrected chi connectivity index (χ3v) is 1.94. The van der Waals surface area contributed by atoms with Gasteiger partial charge in [0.25, 0.3) is 0 Å². The minimum Gasteiger partial charge on any atom is -0.393 e. The lowest BCUT2D eigenvalue weighted by molar-refractivity contribution is 0.194. The van der Waals surface area contributed by atoms with E-state index in [1.807, 2.05) is 6.08 Å². The summed E-state index contributed by atoms with van der Waals surface area (Å²) in [6, 6.07) is 0. The quantitative estimate of drug-likeness (QED) is 0.473. The first-order chi connectivity index (χ1) is 6.16. The van der Waals surface area contributed by atoms with Gasteiger partial charge in [-0.05, 0) is 19.8 Å². The third-order valence-electron chi connectivity index (χ3n) is 1.94. The fourth-order valence-electron chi connectivity index (χ4n) is 1.13. The van der Waals surface area contributed by atoms with Gasteiger partial charge in [-0.25, -0.2) is 0 Å². The Bertz CT molecular complexity index is 130. The van der Waals surface area contributed by atoms with Crippen molar-refractivity contribution in [1.29, 1.82) is 0 Å². The molecule has 2 N–H and O–H groups in total. The highest BCUT2D eigenvalue weighted by atomic mass is 16.3. The van der Waals surface area contributed by atoms with E-state index in [-0.39, 0.29) is 12.2 Å². The van der Waals surface area contributed by atoms with E-state index in [1.54, 1.807) is 13.0 Å². The number of aliphatic hydroxyl groups excluding tert-OH is 2. The molecule has 0 aromatic heterocycles. The molecule has 78 valence electrons. The van der Waals surface area contributed by atoms with Gasteiger partial charge in [-0.2, -0.15) is 0 Å². The standard InChI is InChI=1S/C11H22O2/c1-3-4-5-8-11(13)9-6-7-10(2)12/h6,9-13H,3-5,7-8H2,1-2H3/b9-6-/t10-,11+/m1/s1. The van der Waals surface area contributed by atoms with Crippen LogP contribution in [0, 0.1) is 0 Å². The molecule has 0 rings (SSSR count). The van der Waals surface area contributed by atoms with Gasteiger partial charge in [-0.15, -0.1) is 0 Å². The molecule has 13 heavy (non-hydrogen) atoms. The molecule has 0 spiro atoms. The molecule has 0 aromatic rings. The average Bonchev–Trinajstić information content (AvgIpc) is 2.04. The zero-order valence-electron chi connectivity index (χ0n) is 8.74. The van der Waals surface area contributed by atoms with Crippen molar-refractivity contribution < 1.29 is 10.2 Å². The van der Waals surface area contributed by atoms with Crippen LogP contribution in [0.4, 0.5) is 0 Å². The number of aliphatic hydroxyl groups is 2. The second kappa shape index (κ2) is 8.27. The maximum absolute atomic E-state index is 9.42. The van der Waals surface area contributed by atoms with E-state index in [4.69, 9.17) is 5.11 Å². The van der Waals surface area contributed by atoms with Gasteiger partial charge in [-0.3, -0.25) is 0 Å². The van der Waals surface area contributed by atoms with E-state index in [1.165, 1.54) is 12.8 Å². The molecule has 0 aliphatic carbocycles. The molecular weight excluding hydrogens is 164 g/mol. The van der Waals surface area contributed by atoms with Crippen LogP contribution < -0.4 is 0 Å². The molecule has 0 aliphatic rings. The first-order valence-corrected chi connectivity index (χ1v) is 5.19. The first-order valence-electron chi connectivity index (χ1n) is 5.19. The van der Waals surface area contributed by atoms with Crippen molar-refractivity contribution >= 4 is 0 Å². The molecule has 0 aromatic carbocycles. The van der Waals surface area contributed by atoms with Crippen LogP contribution in [0.1, 0.15) is 46.0 Å². The molecule has 2 nitrogen and oxygen atoms in total. The highest BCUT2D eigenvalue weighted by Crippen LogP contribution is 2.04. The van der Waals surface area contributed by atoms with Crippen LogP contribution in [0.2, 0.25) is 0 Å². The molecule has 2 heteroatoms. The summed E-state index contributed by atoms with van der Waals surface area (Å²) in [6.45, 7) is 3.89.